The molecule has 106 valence electrons. The van der Waals surface area contributed by atoms with Crippen molar-refractivity contribution in [1.29, 1.82) is 0 Å². The molecule has 20 heavy (non-hydrogen) atoms. The first kappa shape index (κ1) is 14.5. The van der Waals surface area contributed by atoms with Crippen LogP contribution >= 0.6 is 0 Å². The minimum atomic E-state index is -0.700. The predicted molar refractivity (Wildman–Crippen MR) is 75.1 cm³/mol. The molecule has 0 amide bonds. The maximum atomic E-state index is 13.9. The van der Waals surface area contributed by atoms with Crippen LogP contribution in [0, 0.1) is 25.5 Å². The van der Waals surface area contributed by atoms with Crippen molar-refractivity contribution in [2.45, 2.75) is 20.4 Å². The predicted octanol–water partition coefficient (Wildman–Crippen LogP) is 4.09. The van der Waals surface area contributed by atoms with Gasteiger partial charge in [-0.1, -0.05) is 6.07 Å². The summed E-state index contributed by atoms with van der Waals surface area (Å²) >= 11 is 0. The Labute approximate surface area is 117 Å². The van der Waals surface area contributed by atoms with E-state index in [-0.39, 0.29) is 5.75 Å². The molecule has 2 aromatic carbocycles. The van der Waals surface area contributed by atoms with E-state index in [0.717, 1.165) is 11.1 Å². The zero-order valence-corrected chi connectivity index (χ0v) is 11.8. The molecular weight excluding hydrogens is 260 g/mol. The quantitative estimate of drug-likeness (QED) is 0.908. The van der Waals surface area contributed by atoms with Gasteiger partial charge in [0.2, 0.25) is 0 Å². The Balaban J connectivity index is 2.33. The van der Waals surface area contributed by atoms with Gasteiger partial charge in [-0.25, -0.2) is 8.78 Å². The Bertz CT molecular complexity index is 583. The van der Waals surface area contributed by atoms with Crippen LogP contribution in [-0.4, -0.2) is 7.05 Å². The fourth-order valence-corrected chi connectivity index (χ4v) is 2.13. The molecule has 0 atom stereocenters. The lowest BCUT2D eigenvalue weighted by Gasteiger charge is -2.11. The summed E-state index contributed by atoms with van der Waals surface area (Å²) < 4.78 is 33.2. The third-order valence-corrected chi connectivity index (χ3v) is 2.85. The maximum absolute atomic E-state index is 13.9. The highest BCUT2D eigenvalue weighted by atomic mass is 19.1. The number of hydrogen-bond donors (Lipinski definition) is 1. The van der Waals surface area contributed by atoms with E-state index in [9.17, 15) is 8.78 Å². The van der Waals surface area contributed by atoms with Gasteiger partial charge in [-0.05, 0) is 61.9 Å². The van der Waals surface area contributed by atoms with Crippen molar-refractivity contribution in [3.05, 3.63) is 58.7 Å². The highest BCUT2D eigenvalue weighted by Gasteiger charge is 2.14. The van der Waals surface area contributed by atoms with Gasteiger partial charge in [-0.15, -0.1) is 0 Å². The van der Waals surface area contributed by atoms with Crippen molar-refractivity contribution < 1.29 is 13.5 Å². The summed E-state index contributed by atoms with van der Waals surface area (Å²) in [7, 11) is 1.72. The average Bonchev–Trinajstić information content (AvgIpc) is 2.33. The zero-order valence-electron chi connectivity index (χ0n) is 11.8. The van der Waals surface area contributed by atoms with Crippen LogP contribution in [0.2, 0.25) is 0 Å². The number of nitrogens with one attached hydrogen (secondary N) is 1. The van der Waals surface area contributed by atoms with Crippen LogP contribution < -0.4 is 10.1 Å². The van der Waals surface area contributed by atoms with E-state index in [1.54, 1.807) is 19.2 Å². The lowest BCUT2D eigenvalue weighted by molar-refractivity contribution is 0.406. The molecular formula is C16H17F2NO. The molecule has 0 aliphatic carbocycles. The molecule has 0 bridgehead atoms. The highest BCUT2D eigenvalue weighted by Crippen LogP contribution is 2.29. The Kier molecular flexibility index (Phi) is 4.35. The lowest BCUT2D eigenvalue weighted by atomic mass is 10.1. The first-order valence-electron chi connectivity index (χ1n) is 6.38. The van der Waals surface area contributed by atoms with Crippen LogP contribution in [0.3, 0.4) is 0 Å². The molecule has 0 heterocycles. The lowest BCUT2D eigenvalue weighted by Crippen LogP contribution is -2.06. The van der Waals surface area contributed by atoms with Gasteiger partial charge in [0.15, 0.2) is 17.4 Å². The maximum Gasteiger partial charge on any atom is 0.198 e. The topological polar surface area (TPSA) is 21.3 Å². The van der Waals surface area contributed by atoms with Gasteiger partial charge in [-0.3, -0.25) is 0 Å². The van der Waals surface area contributed by atoms with Gasteiger partial charge in [0.05, 0.1) is 0 Å². The smallest absolute Gasteiger partial charge is 0.198 e. The van der Waals surface area contributed by atoms with Crippen molar-refractivity contribution in [1.82, 2.24) is 5.32 Å². The monoisotopic (exact) mass is 277 g/mol. The fraction of sp³-hybridized carbons (Fsp3) is 0.250. The minimum absolute atomic E-state index is 0.366. The van der Waals surface area contributed by atoms with Crippen LogP contribution in [0.25, 0.3) is 0 Å². The summed E-state index contributed by atoms with van der Waals surface area (Å²) in [6.07, 6.45) is 0. The first-order valence-corrected chi connectivity index (χ1v) is 6.38. The average molecular weight is 277 g/mol. The van der Waals surface area contributed by atoms with Crippen molar-refractivity contribution in [3.63, 3.8) is 0 Å². The summed E-state index contributed by atoms with van der Waals surface area (Å²) in [6, 6.07) is 8.01. The van der Waals surface area contributed by atoms with E-state index >= 15 is 0 Å². The summed E-state index contributed by atoms with van der Waals surface area (Å²) in [5, 5.41) is 2.85. The summed E-state index contributed by atoms with van der Waals surface area (Å²) in [5.41, 5.74) is 2.50. The SMILES string of the molecule is CNCc1cc(F)c(Oc2cc(C)cc(C)c2)c(F)c1. The molecule has 0 aliphatic rings. The van der Waals surface area contributed by atoms with E-state index in [4.69, 9.17) is 4.74 Å². The van der Waals surface area contributed by atoms with E-state index in [0.29, 0.717) is 17.9 Å². The number of halogens is 2. The van der Waals surface area contributed by atoms with Crippen LogP contribution in [0.4, 0.5) is 8.78 Å². The number of ether oxygens (including phenoxy) is 1. The second-order valence-corrected chi connectivity index (χ2v) is 4.84. The Morgan fingerprint density at radius 2 is 1.50 bits per heavy atom. The molecule has 1 N–H and O–H groups in total. The number of benzene rings is 2. The van der Waals surface area contributed by atoms with Crippen LogP contribution in [0.15, 0.2) is 30.3 Å². The summed E-state index contributed by atoms with van der Waals surface area (Å²) in [4.78, 5) is 0. The third-order valence-electron chi connectivity index (χ3n) is 2.85. The molecule has 0 radical (unpaired) electrons. The van der Waals surface area contributed by atoms with Crippen LogP contribution in [-0.2, 0) is 6.54 Å². The summed E-state index contributed by atoms with van der Waals surface area (Å²) in [6.45, 7) is 4.21. The van der Waals surface area contributed by atoms with Crippen molar-refractivity contribution >= 4 is 0 Å². The van der Waals surface area contributed by atoms with Gasteiger partial charge in [0.25, 0.3) is 0 Å². The number of aryl methyl sites for hydroxylation is 2. The zero-order chi connectivity index (χ0) is 14.7. The molecule has 4 heteroatoms. The Morgan fingerprint density at radius 1 is 0.950 bits per heavy atom. The molecule has 0 unspecified atom stereocenters. The molecule has 0 saturated heterocycles. The van der Waals surface area contributed by atoms with Gasteiger partial charge >= 0.3 is 0 Å². The standard InChI is InChI=1S/C16H17F2NO/c1-10-4-11(2)6-13(5-10)20-16-14(17)7-12(9-19-3)8-15(16)18/h4-8,19H,9H2,1-3H3. The van der Waals surface area contributed by atoms with Gasteiger partial charge < -0.3 is 10.1 Å². The number of rotatable bonds is 4. The molecule has 0 aliphatic heterocycles. The van der Waals surface area contributed by atoms with Gasteiger partial charge in [0, 0.05) is 6.54 Å². The largest absolute Gasteiger partial charge is 0.451 e. The van der Waals surface area contributed by atoms with Crippen LogP contribution in [0.1, 0.15) is 16.7 Å². The van der Waals surface area contributed by atoms with E-state index < -0.39 is 11.6 Å². The molecule has 2 rings (SSSR count). The first-order chi connectivity index (χ1) is 9.49. The molecule has 2 nitrogen and oxygen atoms in total. The Hall–Kier alpha value is -1.94. The second-order valence-electron chi connectivity index (χ2n) is 4.84. The van der Waals surface area contributed by atoms with Gasteiger partial charge in [0.1, 0.15) is 5.75 Å². The minimum Gasteiger partial charge on any atom is -0.451 e. The third kappa shape index (κ3) is 3.33. The normalized spacial score (nSPS) is 10.7. The van der Waals surface area contributed by atoms with Crippen molar-refractivity contribution in [2.75, 3.05) is 7.05 Å². The van der Waals surface area contributed by atoms with E-state index in [1.807, 2.05) is 19.9 Å². The molecule has 0 fully saturated rings. The molecule has 0 spiro atoms. The molecule has 0 saturated carbocycles. The highest BCUT2D eigenvalue weighted by molar-refractivity contribution is 5.39. The van der Waals surface area contributed by atoms with Crippen molar-refractivity contribution in [3.8, 4) is 11.5 Å². The van der Waals surface area contributed by atoms with E-state index in [2.05, 4.69) is 5.32 Å². The Morgan fingerprint density at radius 3 is 2.00 bits per heavy atom. The second kappa shape index (κ2) is 6.01. The number of hydrogen-bond acceptors (Lipinski definition) is 2. The molecule has 2 aromatic rings. The van der Waals surface area contributed by atoms with Crippen molar-refractivity contribution in [2.24, 2.45) is 0 Å². The summed E-state index contributed by atoms with van der Waals surface area (Å²) in [5.74, 6) is -1.33. The fourth-order valence-electron chi connectivity index (χ4n) is 2.13. The van der Waals surface area contributed by atoms with Crippen LogP contribution in [0.5, 0.6) is 11.5 Å². The molecule has 0 aromatic heterocycles. The van der Waals surface area contributed by atoms with E-state index in [1.165, 1.54) is 12.1 Å². The van der Waals surface area contributed by atoms with Gasteiger partial charge in [-0.2, -0.15) is 0 Å².